The van der Waals surface area contributed by atoms with E-state index >= 15 is 0 Å². The minimum absolute atomic E-state index is 0.248. The maximum Gasteiger partial charge on any atom is 0.279 e. The summed E-state index contributed by atoms with van der Waals surface area (Å²) in [6.45, 7) is 4.89. The van der Waals surface area contributed by atoms with Crippen LogP contribution in [0.3, 0.4) is 0 Å². The number of aryl methyl sites for hydroxylation is 2. The summed E-state index contributed by atoms with van der Waals surface area (Å²) in [5, 5.41) is 0.609. The maximum absolute atomic E-state index is 12.3. The molecule has 1 aromatic heterocycles. The Morgan fingerprint density at radius 1 is 1.23 bits per heavy atom. The summed E-state index contributed by atoms with van der Waals surface area (Å²) >= 11 is 7.39. The molecule has 2 aromatic carbocycles. The molecule has 0 bridgehead atoms. The molecular formula is C17H15ClN2OS. The number of fused-ring (bicyclic) bond motifs is 1. The normalized spacial score (nSPS) is 12.0. The van der Waals surface area contributed by atoms with Gasteiger partial charge in [-0.15, -0.1) is 0 Å². The monoisotopic (exact) mass is 330 g/mol. The third-order valence-electron chi connectivity index (χ3n) is 3.44. The Labute approximate surface area is 137 Å². The van der Waals surface area contributed by atoms with Crippen LogP contribution in [0.4, 0.5) is 0 Å². The van der Waals surface area contributed by atoms with Gasteiger partial charge in [-0.1, -0.05) is 29.0 Å². The van der Waals surface area contributed by atoms with E-state index in [1.807, 2.05) is 0 Å². The van der Waals surface area contributed by atoms with E-state index in [0.29, 0.717) is 10.6 Å². The number of rotatable bonds is 2. The van der Waals surface area contributed by atoms with E-state index in [2.05, 4.69) is 41.6 Å². The molecule has 112 valence electrons. The molecule has 3 aromatic rings. The van der Waals surface area contributed by atoms with Crippen molar-refractivity contribution in [2.45, 2.75) is 20.4 Å². The van der Waals surface area contributed by atoms with Crippen molar-refractivity contribution in [3.63, 3.8) is 0 Å². The summed E-state index contributed by atoms with van der Waals surface area (Å²) < 4.78 is 3.21. The molecule has 0 N–H and O–H groups in total. The molecule has 0 saturated carbocycles. The first-order valence-corrected chi connectivity index (χ1v) is 8.22. The van der Waals surface area contributed by atoms with E-state index in [1.165, 1.54) is 16.9 Å². The first-order valence-electron chi connectivity index (χ1n) is 7.03. The lowest BCUT2D eigenvalue weighted by molar-refractivity contribution is 0.0998. The summed E-state index contributed by atoms with van der Waals surface area (Å²) in [7, 11) is 0. The molecule has 0 unspecified atom stereocenters. The van der Waals surface area contributed by atoms with Crippen molar-refractivity contribution < 1.29 is 4.79 Å². The van der Waals surface area contributed by atoms with Gasteiger partial charge in [-0.2, -0.15) is 4.99 Å². The topological polar surface area (TPSA) is 34.4 Å². The highest BCUT2D eigenvalue weighted by Crippen LogP contribution is 2.19. The van der Waals surface area contributed by atoms with Crippen molar-refractivity contribution in [2.75, 3.05) is 0 Å². The number of amides is 1. The highest BCUT2D eigenvalue weighted by atomic mass is 35.5. The van der Waals surface area contributed by atoms with Crippen LogP contribution < -0.4 is 4.80 Å². The molecule has 0 atom stereocenters. The molecule has 0 aliphatic heterocycles. The predicted molar refractivity (Wildman–Crippen MR) is 91.6 cm³/mol. The molecule has 0 fully saturated rings. The molecule has 22 heavy (non-hydrogen) atoms. The molecule has 0 aliphatic carbocycles. The number of benzene rings is 2. The molecule has 0 radical (unpaired) electrons. The molecular weight excluding hydrogens is 316 g/mol. The molecule has 1 amide bonds. The van der Waals surface area contributed by atoms with Crippen LogP contribution in [0.25, 0.3) is 10.2 Å². The first kappa shape index (κ1) is 15.0. The fourth-order valence-corrected chi connectivity index (χ4v) is 3.63. The van der Waals surface area contributed by atoms with Crippen LogP contribution in [-0.4, -0.2) is 10.5 Å². The number of nitrogens with zero attached hydrogens (tertiary/aromatic N) is 2. The van der Waals surface area contributed by atoms with Crippen LogP contribution in [0.15, 0.2) is 47.5 Å². The number of hydrogen-bond acceptors (Lipinski definition) is 2. The Morgan fingerprint density at radius 2 is 1.95 bits per heavy atom. The largest absolute Gasteiger partial charge is 0.317 e. The molecule has 1 heterocycles. The van der Waals surface area contributed by atoms with E-state index in [9.17, 15) is 4.79 Å². The molecule has 3 rings (SSSR count). The van der Waals surface area contributed by atoms with Gasteiger partial charge in [-0.05, 0) is 55.8 Å². The maximum atomic E-state index is 12.3. The highest BCUT2D eigenvalue weighted by Gasteiger charge is 2.08. The second-order valence-electron chi connectivity index (χ2n) is 5.02. The van der Waals surface area contributed by atoms with Crippen molar-refractivity contribution >= 4 is 39.1 Å². The Hall–Kier alpha value is -1.91. The Morgan fingerprint density at radius 3 is 2.64 bits per heavy atom. The minimum Gasteiger partial charge on any atom is -0.317 e. The lowest BCUT2D eigenvalue weighted by Crippen LogP contribution is -2.15. The van der Waals surface area contributed by atoms with Gasteiger partial charge in [0.2, 0.25) is 0 Å². The molecule has 3 nitrogen and oxygen atoms in total. The van der Waals surface area contributed by atoms with Crippen molar-refractivity contribution in [2.24, 2.45) is 4.99 Å². The van der Waals surface area contributed by atoms with E-state index in [0.717, 1.165) is 21.6 Å². The zero-order chi connectivity index (χ0) is 15.7. The smallest absolute Gasteiger partial charge is 0.279 e. The summed E-state index contributed by atoms with van der Waals surface area (Å²) in [5.74, 6) is -0.248. The van der Waals surface area contributed by atoms with Gasteiger partial charge in [0.1, 0.15) is 0 Å². The summed E-state index contributed by atoms with van der Waals surface area (Å²) in [6, 6.07) is 13.1. The van der Waals surface area contributed by atoms with Gasteiger partial charge in [0.25, 0.3) is 5.91 Å². The predicted octanol–water partition coefficient (Wildman–Crippen LogP) is 4.43. The standard InChI is InChI=1S/C17H15ClN2OS/c1-3-20-14-9-4-11(2)10-15(14)22-17(20)19-16(21)12-5-7-13(18)8-6-12/h4-10H,3H2,1-2H3. The molecule has 0 saturated heterocycles. The van der Waals surface area contributed by atoms with Gasteiger partial charge in [0, 0.05) is 17.1 Å². The van der Waals surface area contributed by atoms with Crippen LogP contribution >= 0.6 is 22.9 Å². The van der Waals surface area contributed by atoms with Gasteiger partial charge >= 0.3 is 0 Å². The third kappa shape index (κ3) is 2.85. The molecule has 5 heteroatoms. The highest BCUT2D eigenvalue weighted by molar-refractivity contribution is 7.16. The van der Waals surface area contributed by atoms with Gasteiger partial charge < -0.3 is 4.57 Å². The zero-order valence-corrected chi connectivity index (χ0v) is 13.9. The number of carbonyl (C=O) groups is 1. The lowest BCUT2D eigenvalue weighted by Gasteiger charge is -2.00. The fourth-order valence-electron chi connectivity index (χ4n) is 2.32. The Bertz CT molecular complexity index is 907. The number of aromatic nitrogens is 1. The van der Waals surface area contributed by atoms with E-state index in [-0.39, 0.29) is 5.91 Å². The van der Waals surface area contributed by atoms with Crippen LogP contribution in [-0.2, 0) is 6.54 Å². The van der Waals surface area contributed by atoms with Crippen LogP contribution in [0.2, 0.25) is 5.02 Å². The average Bonchev–Trinajstić information content (AvgIpc) is 2.83. The molecule has 0 aliphatic rings. The number of halogens is 1. The van der Waals surface area contributed by atoms with Crippen molar-refractivity contribution in [3.8, 4) is 0 Å². The molecule has 0 spiro atoms. The number of thiazole rings is 1. The van der Waals surface area contributed by atoms with E-state index < -0.39 is 0 Å². The average molecular weight is 331 g/mol. The van der Waals surface area contributed by atoms with Crippen molar-refractivity contribution in [1.29, 1.82) is 0 Å². The zero-order valence-electron chi connectivity index (χ0n) is 12.3. The van der Waals surface area contributed by atoms with E-state index in [1.54, 1.807) is 24.3 Å². The third-order valence-corrected chi connectivity index (χ3v) is 4.74. The van der Waals surface area contributed by atoms with Crippen molar-refractivity contribution in [3.05, 3.63) is 63.4 Å². The number of carbonyl (C=O) groups excluding carboxylic acids is 1. The van der Waals surface area contributed by atoms with Gasteiger partial charge in [0.05, 0.1) is 10.2 Å². The van der Waals surface area contributed by atoms with Crippen LogP contribution in [0.5, 0.6) is 0 Å². The minimum atomic E-state index is -0.248. The summed E-state index contributed by atoms with van der Waals surface area (Å²) in [5.41, 5.74) is 2.86. The Kier molecular flexibility index (Phi) is 4.14. The summed E-state index contributed by atoms with van der Waals surface area (Å²) in [6.07, 6.45) is 0. The van der Waals surface area contributed by atoms with Gasteiger partial charge in [0.15, 0.2) is 4.80 Å². The lowest BCUT2D eigenvalue weighted by atomic mass is 10.2. The van der Waals surface area contributed by atoms with Crippen LogP contribution in [0, 0.1) is 6.92 Å². The second-order valence-corrected chi connectivity index (χ2v) is 6.47. The number of hydrogen-bond donors (Lipinski definition) is 0. The van der Waals surface area contributed by atoms with Crippen LogP contribution in [0.1, 0.15) is 22.8 Å². The second kappa shape index (κ2) is 6.07. The van der Waals surface area contributed by atoms with E-state index in [4.69, 9.17) is 11.6 Å². The van der Waals surface area contributed by atoms with Gasteiger partial charge in [-0.25, -0.2) is 0 Å². The first-order chi connectivity index (χ1) is 10.6. The summed E-state index contributed by atoms with van der Waals surface area (Å²) in [4.78, 5) is 17.3. The fraction of sp³-hybridized carbons (Fsp3) is 0.176. The van der Waals surface area contributed by atoms with Crippen molar-refractivity contribution in [1.82, 2.24) is 4.57 Å². The quantitative estimate of drug-likeness (QED) is 0.684. The Balaban J connectivity index is 2.12. The SMILES string of the molecule is CCn1c(=NC(=O)c2ccc(Cl)cc2)sc2cc(C)ccc21. The van der Waals surface area contributed by atoms with Gasteiger partial charge in [-0.3, -0.25) is 4.79 Å².